The zero-order chi connectivity index (χ0) is 18.2. The van der Waals surface area contributed by atoms with Gasteiger partial charge in [0.1, 0.15) is 5.78 Å². The van der Waals surface area contributed by atoms with Gasteiger partial charge in [-0.1, -0.05) is 41.4 Å². The molecule has 25 heavy (non-hydrogen) atoms. The Balaban J connectivity index is 1.73. The minimum atomic E-state index is -0.430. The standard InChI is InChI=1S/C20H29BrO4/c1-18(17(21)9-22)4-3-12-11(6-18)14(24)5-16-19(12,2)8-15(25)13-7-20(13,16)10-23/h3,11,13-14,16-17,22-24H,4-10H2,1-2H3/t11-,13+,14-,16+,17+,18+,19+,20-/m1/s1. The molecule has 0 aromatic carbocycles. The predicted octanol–water partition coefficient (Wildman–Crippen LogP) is 2.44. The van der Waals surface area contributed by atoms with Crippen LogP contribution in [0.4, 0.5) is 0 Å². The number of hydrogen-bond donors (Lipinski definition) is 3. The van der Waals surface area contributed by atoms with E-state index in [-0.39, 0.29) is 52.0 Å². The Hall–Kier alpha value is -0.230. The molecule has 0 radical (unpaired) electrons. The number of aliphatic hydroxyl groups is 3. The van der Waals surface area contributed by atoms with Crippen molar-refractivity contribution in [1.82, 2.24) is 0 Å². The topological polar surface area (TPSA) is 77.8 Å². The first kappa shape index (κ1) is 18.1. The summed E-state index contributed by atoms with van der Waals surface area (Å²) in [7, 11) is 0. The van der Waals surface area contributed by atoms with Crippen LogP contribution in [0.25, 0.3) is 0 Å². The lowest BCUT2D eigenvalue weighted by molar-refractivity contribution is -0.134. The molecule has 3 fully saturated rings. The normalized spacial score (nSPS) is 52.6. The number of alkyl halides is 1. The molecule has 3 N–H and O–H groups in total. The molecular formula is C20H29BrO4. The Bertz CT molecular complexity index is 633. The monoisotopic (exact) mass is 412 g/mol. The van der Waals surface area contributed by atoms with Crippen molar-refractivity contribution in [2.45, 2.75) is 56.9 Å². The van der Waals surface area contributed by atoms with E-state index in [1.54, 1.807) is 0 Å². The number of hydrogen-bond acceptors (Lipinski definition) is 4. The number of Topliss-reactive ketones (excluding diaryl/α,β-unsaturated/α-hetero) is 1. The highest BCUT2D eigenvalue weighted by Gasteiger charge is 2.71. The molecule has 0 bridgehead atoms. The van der Waals surface area contributed by atoms with Gasteiger partial charge in [-0.25, -0.2) is 0 Å². The number of rotatable bonds is 3. The second-order valence-electron chi connectivity index (χ2n) is 9.54. The lowest BCUT2D eigenvalue weighted by Crippen LogP contribution is -2.55. The zero-order valence-corrected chi connectivity index (χ0v) is 16.6. The van der Waals surface area contributed by atoms with Gasteiger partial charge in [-0.05, 0) is 42.4 Å². The van der Waals surface area contributed by atoms with E-state index in [1.165, 1.54) is 5.57 Å². The van der Waals surface area contributed by atoms with Crippen molar-refractivity contribution in [2.75, 3.05) is 13.2 Å². The maximum absolute atomic E-state index is 12.7. The molecule has 4 nitrogen and oxygen atoms in total. The lowest BCUT2D eigenvalue weighted by atomic mass is 9.48. The van der Waals surface area contributed by atoms with Crippen LogP contribution in [0, 0.1) is 34.0 Å². The summed E-state index contributed by atoms with van der Waals surface area (Å²) in [6.07, 6.45) is 5.49. The van der Waals surface area contributed by atoms with Crippen LogP contribution in [0.3, 0.4) is 0 Å². The molecule has 3 saturated carbocycles. The second kappa shape index (κ2) is 5.63. The van der Waals surface area contributed by atoms with E-state index in [2.05, 4.69) is 35.9 Å². The number of fused-ring (bicyclic) bond motifs is 5. The van der Waals surface area contributed by atoms with Crippen LogP contribution in [-0.2, 0) is 4.79 Å². The Morgan fingerprint density at radius 3 is 2.68 bits per heavy atom. The Kier molecular flexibility index (Phi) is 4.09. The molecule has 0 spiro atoms. The van der Waals surface area contributed by atoms with Gasteiger partial charge in [0.05, 0.1) is 12.7 Å². The van der Waals surface area contributed by atoms with Crippen molar-refractivity contribution in [3.8, 4) is 0 Å². The molecule has 8 atom stereocenters. The fourth-order valence-electron chi connectivity index (χ4n) is 6.54. The summed E-state index contributed by atoms with van der Waals surface area (Å²) in [5.74, 6) is 0.540. The number of halogens is 1. The Labute approximate surface area is 157 Å². The van der Waals surface area contributed by atoms with Crippen LogP contribution in [0.1, 0.15) is 46.0 Å². The number of ketones is 1. The Morgan fingerprint density at radius 1 is 1.32 bits per heavy atom. The van der Waals surface area contributed by atoms with E-state index in [0.29, 0.717) is 18.6 Å². The maximum Gasteiger partial charge on any atom is 0.137 e. The summed E-state index contributed by atoms with van der Waals surface area (Å²) in [4.78, 5) is 12.7. The largest absolute Gasteiger partial charge is 0.396 e. The van der Waals surface area contributed by atoms with Gasteiger partial charge in [0.2, 0.25) is 0 Å². The van der Waals surface area contributed by atoms with Crippen molar-refractivity contribution in [3.05, 3.63) is 11.6 Å². The summed E-state index contributed by atoms with van der Waals surface area (Å²) in [6.45, 7) is 4.48. The minimum absolute atomic E-state index is 0.000105. The minimum Gasteiger partial charge on any atom is -0.396 e. The van der Waals surface area contributed by atoms with Crippen LogP contribution in [0.2, 0.25) is 0 Å². The second-order valence-corrected chi connectivity index (χ2v) is 10.6. The highest BCUT2D eigenvalue weighted by Crippen LogP contribution is 2.72. The van der Waals surface area contributed by atoms with Crippen molar-refractivity contribution >= 4 is 21.7 Å². The molecule has 0 heterocycles. The van der Waals surface area contributed by atoms with Gasteiger partial charge in [0.15, 0.2) is 0 Å². The molecule has 140 valence electrons. The number of carbonyl (C=O) groups is 1. The number of allylic oxidation sites excluding steroid dienone is 1. The molecule has 0 aromatic rings. The van der Waals surface area contributed by atoms with Gasteiger partial charge in [-0.2, -0.15) is 0 Å². The van der Waals surface area contributed by atoms with Gasteiger partial charge in [-0.15, -0.1) is 0 Å². The van der Waals surface area contributed by atoms with E-state index < -0.39 is 6.10 Å². The quantitative estimate of drug-likeness (QED) is 0.491. The molecule has 0 amide bonds. The summed E-state index contributed by atoms with van der Waals surface area (Å²) in [5, 5.41) is 30.6. The van der Waals surface area contributed by atoms with E-state index in [1.807, 2.05) is 0 Å². The smallest absolute Gasteiger partial charge is 0.137 e. The fraction of sp³-hybridized carbons (Fsp3) is 0.850. The van der Waals surface area contributed by atoms with E-state index >= 15 is 0 Å². The first-order chi connectivity index (χ1) is 11.7. The van der Waals surface area contributed by atoms with Crippen molar-refractivity contribution in [3.63, 3.8) is 0 Å². The SMILES string of the molecule is C[C@]1([C@@H](Br)CO)CC=C2[C@@H](C1)[C@H](O)C[C@@H]1[C@@]3(CO)C[C@H]3C(=O)C[C@@]21C. The van der Waals surface area contributed by atoms with Crippen molar-refractivity contribution in [2.24, 2.45) is 34.0 Å². The first-order valence-electron chi connectivity index (χ1n) is 9.49. The molecule has 4 aliphatic carbocycles. The molecule has 4 aliphatic rings. The summed E-state index contributed by atoms with van der Waals surface area (Å²) in [6, 6.07) is 0. The van der Waals surface area contributed by atoms with E-state index in [4.69, 9.17) is 0 Å². The van der Waals surface area contributed by atoms with E-state index in [9.17, 15) is 20.1 Å². The highest BCUT2D eigenvalue weighted by atomic mass is 79.9. The molecule has 0 aromatic heterocycles. The Morgan fingerprint density at radius 2 is 2.04 bits per heavy atom. The van der Waals surface area contributed by atoms with E-state index in [0.717, 1.165) is 19.3 Å². The summed E-state index contributed by atoms with van der Waals surface area (Å²) in [5.41, 5.74) is 0.611. The average molecular weight is 413 g/mol. The van der Waals surface area contributed by atoms with Gasteiger partial charge >= 0.3 is 0 Å². The summed E-state index contributed by atoms with van der Waals surface area (Å²) >= 11 is 3.61. The summed E-state index contributed by atoms with van der Waals surface area (Å²) < 4.78 is 0. The molecule has 0 saturated heterocycles. The highest BCUT2D eigenvalue weighted by molar-refractivity contribution is 9.09. The zero-order valence-electron chi connectivity index (χ0n) is 15.0. The third-order valence-corrected chi connectivity index (χ3v) is 9.59. The third kappa shape index (κ3) is 2.31. The van der Waals surface area contributed by atoms with Crippen LogP contribution in [0.5, 0.6) is 0 Å². The number of aliphatic hydroxyl groups excluding tert-OH is 3. The van der Waals surface area contributed by atoms with Gasteiger partial charge < -0.3 is 15.3 Å². The van der Waals surface area contributed by atoms with Crippen molar-refractivity contribution in [1.29, 1.82) is 0 Å². The van der Waals surface area contributed by atoms with Gasteiger partial charge in [0.25, 0.3) is 0 Å². The average Bonchev–Trinajstić information content (AvgIpc) is 3.33. The van der Waals surface area contributed by atoms with Crippen LogP contribution in [0.15, 0.2) is 11.6 Å². The molecule has 0 unspecified atom stereocenters. The molecular weight excluding hydrogens is 384 g/mol. The van der Waals surface area contributed by atoms with Gasteiger partial charge in [-0.3, -0.25) is 4.79 Å². The van der Waals surface area contributed by atoms with Crippen LogP contribution < -0.4 is 0 Å². The first-order valence-corrected chi connectivity index (χ1v) is 10.4. The van der Waals surface area contributed by atoms with Crippen molar-refractivity contribution < 1.29 is 20.1 Å². The molecule has 0 aliphatic heterocycles. The third-order valence-electron chi connectivity index (χ3n) is 8.20. The van der Waals surface area contributed by atoms with Gasteiger partial charge in [0, 0.05) is 35.1 Å². The fourth-order valence-corrected chi connectivity index (χ4v) is 6.91. The maximum atomic E-state index is 12.7. The molecule has 4 rings (SSSR count). The molecule has 5 heteroatoms. The predicted molar refractivity (Wildman–Crippen MR) is 98.2 cm³/mol. The van der Waals surface area contributed by atoms with Crippen LogP contribution >= 0.6 is 15.9 Å². The number of carbonyl (C=O) groups excluding carboxylic acids is 1. The van der Waals surface area contributed by atoms with Crippen LogP contribution in [-0.4, -0.2) is 45.2 Å². The lowest BCUT2D eigenvalue weighted by Gasteiger charge is -2.57.